The Labute approximate surface area is 351 Å². The molecule has 6 nitrogen and oxygen atoms in total. The van der Waals surface area contributed by atoms with Gasteiger partial charge in [0.05, 0.1) is 44.4 Å². The minimum atomic E-state index is 0.581. The summed E-state index contributed by atoms with van der Waals surface area (Å²) >= 11 is 0. The van der Waals surface area contributed by atoms with Crippen molar-refractivity contribution in [2.75, 3.05) is 5.32 Å². The zero-order chi connectivity index (χ0) is 40.4. The van der Waals surface area contributed by atoms with Crippen LogP contribution in [0.15, 0.2) is 200 Å². The molecule has 6 heteroatoms. The van der Waals surface area contributed by atoms with E-state index in [4.69, 9.17) is 15.4 Å². The molecule has 12 rings (SSSR count). The Bertz CT molecular complexity index is 3680. The first kappa shape index (κ1) is 34.7. The van der Waals surface area contributed by atoms with Crippen LogP contribution in [-0.4, -0.2) is 25.3 Å². The van der Waals surface area contributed by atoms with Gasteiger partial charge in [0.2, 0.25) is 5.95 Å². The SMILES string of the molecule is N=Cc1ccc2nc(-n3c4ccc(-c5ccc6c(c5)c5ccccc5n6-c5ccccc5)cc4c4c5ccccc5ccc43)nc(-c3ccccc3)c2c1Nc1ccccc1. The van der Waals surface area contributed by atoms with Crippen LogP contribution in [0.2, 0.25) is 0 Å². The van der Waals surface area contributed by atoms with Crippen LogP contribution >= 0.6 is 0 Å². The zero-order valence-corrected chi connectivity index (χ0v) is 32.9. The molecule has 0 aliphatic heterocycles. The molecule has 0 saturated carbocycles. The van der Waals surface area contributed by atoms with E-state index in [9.17, 15) is 0 Å². The fourth-order valence-corrected chi connectivity index (χ4v) is 9.25. The Hall–Kier alpha value is -8.35. The highest BCUT2D eigenvalue weighted by Gasteiger charge is 2.22. The number of hydrogen-bond acceptors (Lipinski definition) is 4. The van der Waals surface area contributed by atoms with Gasteiger partial charge in [-0.2, -0.15) is 0 Å². The smallest absolute Gasteiger partial charge is 0.235 e. The zero-order valence-electron chi connectivity index (χ0n) is 32.9. The van der Waals surface area contributed by atoms with Gasteiger partial charge in [-0.05, 0) is 94.7 Å². The van der Waals surface area contributed by atoms with Crippen molar-refractivity contribution in [3.05, 3.63) is 206 Å². The standard InChI is InChI=1S/C55H36N6/c56-34-39-24-28-46-52(54(39)57-40-17-6-2-7-18-40)53(36-15-4-1-5-16-36)59-55(58-46)61-49-30-27-38(33-45(49)51-42-21-11-10-14-35(42)25-31-50(51)61)37-26-29-48-44(32-37)43-22-12-13-23-47(43)60(48)41-19-8-3-9-20-41/h1-34,56-57H. The number of anilines is 2. The molecule has 3 aromatic heterocycles. The van der Waals surface area contributed by atoms with Gasteiger partial charge in [0.15, 0.2) is 0 Å². The molecule has 0 amide bonds. The summed E-state index contributed by atoms with van der Waals surface area (Å²) in [5.74, 6) is 0.581. The van der Waals surface area contributed by atoms with E-state index in [0.717, 1.165) is 77.7 Å². The Kier molecular flexibility index (Phi) is 7.90. The average molecular weight is 781 g/mol. The molecule has 0 saturated heterocycles. The molecular weight excluding hydrogens is 745 g/mol. The van der Waals surface area contributed by atoms with E-state index in [2.05, 4.69) is 154 Å². The van der Waals surface area contributed by atoms with Crippen LogP contribution in [0.5, 0.6) is 0 Å². The van der Waals surface area contributed by atoms with E-state index in [-0.39, 0.29) is 0 Å². The summed E-state index contributed by atoms with van der Waals surface area (Å²) in [6.07, 6.45) is 1.39. The van der Waals surface area contributed by atoms with Gasteiger partial charge >= 0.3 is 0 Å². The monoisotopic (exact) mass is 780 g/mol. The van der Waals surface area contributed by atoms with E-state index in [1.165, 1.54) is 38.8 Å². The van der Waals surface area contributed by atoms with Crippen molar-refractivity contribution in [1.82, 2.24) is 19.1 Å². The number of para-hydroxylation sites is 3. The maximum absolute atomic E-state index is 8.38. The Morgan fingerprint density at radius 2 is 1.07 bits per heavy atom. The molecular formula is C55H36N6. The highest BCUT2D eigenvalue weighted by Crippen LogP contribution is 2.42. The van der Waals surface area contributed by atoms with E-state index >= 15 is 0 Å². The molecule has 0 atom stereocenters. The minimum absolute atomic E-state index is 0.581. The first-order valence-corrected chi connectivity index (χ1v) is 20.5. The van der Waals surface area contributed by atoms with Crippen molar-refractivity contribution in [2.24, 2.45) is 0 Å². The van der Waals surface area contributed by atoms with Crippen LogP contribution < -0.4 is 5.32 Å². The number of hydrogen-bond donors (Lipinski definition) is 2. The number of rotatable bonds is 7. The minimum Gasteiger partial charge on any atom is -0.354 e. The van der Waals surface area contributed by atoms with Crippen LogP contribution in [0.3, 0.4) is 0 Å². The third-order valence-electron chi connectivity index (χ3n) is 12.0. The third-order valence-corrected chi connectivity index (χ3v) is 12.0. The molecule has 0 spiro atoms. The molecule has 2 N–H and O–H groups in total. The number of fused-ring (bicyclic) bond motifs is 9. The molecule has 0 aliphatic rings. The molecule has 286 valence electrons. The summed E-state index contributed by atoms with van der Waals surface area (Å²) in [7, 11) is 0. The summed E-state index contributed by atoms with van der Waals surface area (Å²) < 4.78 is 4.58. The lowest BCUT2D eigenvalue weighted by Crippen LogP contribution is -2.06. The quantitative estimate of drug-likeness (QED) is 0.158. The fourth-order valence-electron chi connectivity index (χ4n) is 9.25. The fraction of sp³-hybridized carbons (Fsp3) is 0. The van der Waals surface area contributed by atoms with Crippen molar-refractivity contribution in [3.63, 3.8) is 0 Å². The average Bonchev–Trinajstić information content (AvgIpc) is 3.84. The summed E-state index contributed by atoms with van der Waals surface area (Å²) in [5, 5.41) is 20.0. The first-order chi connectivity index (χ1) is 30.2. The van der Waals surface area contributed by atoms with E-state index in [0.29, 0.717) is 5.95 Å². The maximum atomic E-state index is 8.38. The van der Waals surface area contributed by atoms with E-state index in [1.807, 2.05) is 60.7 Å². The van der Waals surface area contributed by atoms with Gasteiger partial charge in [0.25, 0.3) is 0 Å². The second-order valence-electron chi connectivity index (χ2n) is 15.5. The van der Waals surface area contributed by atoms with E-state index in [1.54, 1.807) is 0 Å². The highest BCUT2D eigenvalue weighted by molar-refractivity contribution is 6.22. The van der Waals surface area contributed by atoms with Crippen LogP contribution in [0.4, 0.5) is 11.4 Å². The van der Waals surface area contributed by atoms with Gasteiger partial charge in [0, 0.05) is 50.3 Å². The summed E-state index contributed by atoms with van der Waals surface area (Å²) in [6, 6.07) is 70.3. The third kappa shape index (κ3) is 5.54. The lowest BCUT2D eigenvalue weighted by molar-refractivity contribution is 1.01. The molecule has 0 radical (unpaired) electrons. The summed E-state index contributed by atoms with van der Waals surface area (Å²) in [6.45, 7) is 0. The van der Waals surface area contributed by atoms with Gasteiger partial charge in [-0.1, -0.05) is 127 Å². The van der Waals surface area contributed by atoms with Gasteiger partial charge in [-0.15, -0.1) is 0 Å². The Morgan fingerprint density at radius 1 is 0.443 bits per heavy atom. The molecule has 0 unspecified atom stereocenters. The molecule has 12 aromatic rings. The molecule has 0 aliphatic carbocycles. The first-order valence-electron chi connectivity index (χ1n) is 20.5. The van der Waals surface area contributed by atoms with Crippen LogP contribution in [0.25, 0.3) is 99.3 Å². The lowest BCUT2D eigenvalue weighted by atomic mass is 9.99. The van der Waals surface area contributed by atoms with E-state index < -0.39 is 0 Å². The van der Waals surface area contributed by atoms with Gasteiger partial charge in [-0.3, -0.25) is 4.57 Å². The van der Waals surface area contributed by atoms with Gasteiger partial charge in [0.1, 0.15) is 0 Å². The highest BCUT2D eigenvalue weighted by atomic mass is 15.2. The van der Waals surface area contributed by atoms with Crippen molar-refractivity contribution in [1.29, 1.82) is 5.41 Å². The lowest BCUT2D eigenvalue weighted by Gasteiger charge is -2.17. The Morgan fingerprint density at radius 3 is 1.84 bits per heavy atom. The van der Waals surface area contributed by atoms with Crippen LogP contribution in [0.1, 0.15) is 5.56 Å². The van der Waals surface area contributed by atoms with Crippen molar-refractivity contribution in [3.8, 4) is 34.0 Å². The Balaban J connectivity index is 1.11. The maximum Gasteiger partial charge on any atom is 0.235 e. The van der Waals surface area contributed by atoms with Crippen LogP contribution in [0, 0.1) is 5.41 Å². The molecule has 9 aromatic carbocycles. The number of benzene rings is 9. The number of aromatic nitrogens is 4. The predicted molar refractivity (Wildman–Crippen MR) is 254 cm³/mol. The largest absolute Gasteiger partial charge is 0.354 e. The topological polar surface area (TPSA) is 71.5 Å². The number of nitrogens with zero attached hydrogens (tertiary/aromatic N) is 4. The van der Waals surface area contributed by atoms with Gasteiger partial charge in [-0.25, -0.2) is 9.97 Å². The summed E-state index contributed by atoms with van der Waals surface area (Å²) in [5.41, 5.74) is 12.9. The predicted octanol–water partition coefficient (Wildman–Crippen LogP) is 14.1. The second-order valence-corrected chi connectivity index (χ2v) is 15.5. The summed E-state index contributed by atoms with van der Waals surface area (Å²) in [4.78, 5) is 10.8. The normalized spacial score (nSPS) is 11.7. The number of nitrogens with one attached hydrogen (secondary N) is 2. The molecule has 3 heterocycles. The van der Waals surface area contributed by atoms with Crippen molar-refractivity contribution >= 4 is 82.9 Å². The van der Waals surface area contributed by atoms with Crippen molar-refractivity contribution < 1.29 is 0 Å². The molecule has 0 bridgehead atoms. The molecule has 0 fully saturated rings. The van der Waals surface area contributed by atoms with Crippen molar-refractivity contribution in [2.45, 2.75) is 0 Å². The second kappa shape index (κ2) is 13.9. The molecule has 61 heavy (non-hydrogen) atoms. The van der Waals surface area contributed by atoms with Crippen LogP contribution in [-0.2, 0) is 0 Å². The van der Waals surface area contributed by atoms with Gasteiger partial charge < -0.3 is 15.3 Å².